The minimum absolute atomic E-state index is 0.0867. The van der Waals surface area contributed by atoms with Gasteiger partial charge < -0.3 is 14.8 Å². The molecule has 2 unspecified atom stereocenters. The van der Waals surface area contributed by atoms with Gasteiger partial charge in [-0.2, -0.15) is 0 Å². The minimum atomic E-state index is -1.18. The molecule has 0 aliphatic carbocycles. The molecule has 0 bridgehead atoms. The molecule has 0 saturated carbocycles. The molecule has 0 spiro atoms. The second-order valence-electron chi connectivity index (χ2n) is 3.93. The predicted molar refractivity (Wildman–Crippen MR) is 80.5 cm³/mol. The van der Waals surface area contributed by atoms with E-state index in [-0.39, 0.29) is 18.1 Å². The van der Waals surface area contributed by atoms with Crippen LogP contribution in [0, 0.1) is 0 Å². The fraction of sp³-hybridized carbons (Fsp3) is 0.900. The third kappa shape index (κ3) is 9.58. The number of carbonyl (C=O) groups is 1. The van der Waals surface area contributed by atoms with E-state index in [1.165, 1.54) is 10.8 Å². The van der Waals surface area contributed by atoms with Crippen LogP contribution >= 0.6 is 45.7 Å². The van der Waals surface area contributed by atoms with Crippen LogP contribution < -0.4 is 5.32 Å². The topological polar surface area (TPSA) is 47.6 Å². The van der Waals surface area contributed by atoms with Gasteiger partial charge in [0.1, 0.15) is 11.5 Å². The number of rotatable bonds is 9. The van der Waals surface area contributed by atoms with Crippen molar-refractivity contribution in [3.8, 4) is 0 Å². The van der Waals surface area contributed by atoms with Gasteiger partial charge in [-0.25, -0.2) is 4.79 Å². The van der Waals surface area contributed by atoms with Crippen LogP contribution in [0.1, 0.15) is 20.8 Å². The zero-order chi connectivity index (χ0) is 14.1. The van der Waals surface area contributed by atoms with Gasteiger partial charge in [-0.05, 0) is 6.92 Å². The molecule has 18 heavy (non-hydrogen) atoms. The first-order valence-corrected chi connectivity index (χ1v) is 8.31. The van der Waals surface area contributed by atoms with E-state index in [0.29, 0.717) is 6.54 Å². The molecule has 0 aliphatic rings. The number of esters is 1. The second kappa shape index (κ2) is 10.5. The number of ether oxygens (including phenoxy) is 2. The Balaban J connectivity index is 4.19. The first kappa shape index (κ1) is 18.7. The molecule has 1 N–H and O–H groups in total. The summed E-state index contributed by atoms with van der Waals surface area (Å²) in [5, 5.41) is 3.16. The van der Waals surface area contributed by atoms with E-state index >= 15 is 0 Å². The summed E-state index contributed by atoms with van der Waals surface area (Å²) in [5.74, 6) is -0.663. The molecule has 0 amide bonds. The van der Waals surface area contributed by atoms with Crippen molar-refractivity contribution in [1.29, 1.82) is 0 Å². The zero-order valence-corrected chi connectivity index (χ0v) is 13.8. The lowest BCUT2D eigenvalue weighted by molar-refractivity contribution is -0.150. The SMILES string of the molecule is CC(C)NCC(COC(C)SS)OC(=O)C(Cl)Cl. The molecule has 0 aromatic carbocycles. The van der Waals surface area contributed by atoms with Gasteiger partial charge in [0.05, 0.1) is 6.61 Å². The first-order chi connectivity index (χ1) is 8.36. The van der Waals surface area contributed by atoms with Crippen LogP contribution in [0.3, 0.4) is 0 Å². The Morgan fingerprint density at radius 2 is 2.00 bits per heavy atom. The maximum absolute atomic E-state index is 11.3. The van der Waals surface area contributed by atoms with E-state index in [1.54, 1.807) is 0 Å². The lowest BCUT2D eigenvalue weighted by atomic mass is 10.3. The normalized spacial score (nSPS) is 14.9. The fourth-order valence-electron chi connectivity index (χ4n) is 0.991. The average Bonchev–Trinajstić information content (AvgIpc) is 2.31. The summed E-state index contributed by atoms with van der Waals surface area (Å²) in [7, 11) is 1.28. The molecule has 8 heteroatoms. The van der Waals surface area contributed by atoms with Crippen molar-refractivity contribution in [2.75, 3.05) is 13.2 Å². The second-order valence-corrected chi connectivity index (χ2v) is 6.53. The van der Waals surface area contributed by atoms with Crippen molar-refractivity contribution in [2.45, 2.75) is 43.2 Å². The monoisotopic (exact) mass is 335 g/mol. The number of thiol groups is 1. The smallest absolute Gasteiger partial charge is 0.339 e. The van der Waals surface area contributed by atoms with Crippen molar-refractivity contribution in [3.05, 3.63) is 0 Å². The molecule has 0 aliphatic heterocycles. The van der Waals surface area contributed by atoms with Crippen molar-refractivity contribution >= 4 is 51.6 Å². The molecular formula is C10H19Cl2NO3S2. The van der Waals surface area contributed by atoms with Gasteiger partial charge >= 0.3 is 5.97 Å². The largest absolute Gasteiger partial charge is 0.457 e. The van der Waals surface area contributed by atoms with Crippen LogP contribution in [0.25, 0.3) is 0 Å². The number of hydrogen-bond donors (Lipinski definition) is 2. The van der Waals surface area contributed by atoms with Crippen molar-refractivity contribution in [3.63, 3.8) is 0 Å². The molecule has 0 saturated heterocycles. The Kier molecular flexibility index (Phi) is 10.8. The molecular weight excluding hydrogens is 317 g/mol. The minimum Gasteiger partial charge on any atom is -0.457 e. The summed E-state index contributed by atoms with van der Waals surface area (Å²) in [6, 6.07) is 0.283. The summed E-state index contributed by atoms with van der Waals surface area (Å²) in [5.41, 5.74) is -0.0867. The van der Waals surface area contributed by atoms with E-state index in [0.717, 1.165) is 0 Å². The molecule has 4 nitrogen and oxygen atoms in total. The van der Waals surface area contributed by atoms with Gasteiger partial charge in [-0.3, -0.25) is 0 Å². The highest BCUT2D eigenvalue weighted by atomic mass is 35.5. The van der Waals surface area contributed by atoms with Crippen LogP contribution in [-0.4, -0.2) is 41.5 Å². The predicted octanol–water partition coefficient (Wildman–Crippen LogP) is 2.64. The van der Waals surface area contributed by atoms with Crippen molar-refractivity contribution < 1.29 is 14.3 Å². The van der Waals surface area contributed by atoms with Gasteiger partial charge in [0.15, 0.2) is 0 Å². The van der Waals surface area contributed by atoms with Crippen LogP contribution in [-0.2, 0) is 14.3 Å². The Bertz CT molecular complexity index is 245. The molecule has 108 valence electrons. The molecule has 0 rings (SSSR count). The summed E-state index contributed by atoms with van der Waals surface area (Å²) < 4.78 is 10.6. The summed E-state index contributed by atoms with van der Waals surface area (Å²) >= 11 is 14.9. The van der Waals surface area contributed by atoms with E-state index in [1.807, 2.05) is 20.8 Å². The number of nitrogens with one attached hydrogen (secondary N) is 1. The maximum atomic E-state index is 11.3. The van der Waals surface area contributed by atoms with Crippen LogP contribution in [0.5, 0.6) is 0 Å². The highest BCUT2D eigenvalue weighted by Crippen LogP contribution is 2.16. The summed E-state index contributed by atoms with van der Waals surface area (Å²) in [6.45, 7) is 6.60. The third-order valence-electron chi connectivity index (χ3n) is 1.88. The maximum Gasteiger partial charge on any atom is 0.339 e. The van der Waals surface area contributed by atoms with Gasteiger partial charge in [0, 0.05) is 12.6 Å². The van der Waals surface area contributed by atoms with E-state index < -0.39 is 16.9 Å². The zero-order valence-electron chi connectivity index (χ0n) is 10.6. The average molecular weight is 336 g/mol. The van der Waals surface area contributed by atoms with Gasteiger partial charge in [-0.15, -0.1) is 11.7 Å². The fourth-order valence-corrected chi connectivity index (χ4v) is 1.42. The summed E-state index contributed by atoms with van der Waals surface area (Å²) in [4.78, 5) is 10.1. The van der Waals surface area contributed by atoms with Gasteiger partial charge in [-0.1, -0.05) is 47.8 Å². The Morgan fingerprint density at radius 3 is 2.44 bits per heavy atom. The molecule has 0 aromatic rings. The lowest BCUT2D eigenvalue weighted by Gasteiger charge is -2.21. The van der Waals surface area contributed by atoms with E-state index in [9.17, 15) is 4.79 Å². The number of halogens is 2. The van der Waals surface area contributed by atoms with Crippen molar-refractivity contribution in [1.82, 2.24) is 5.32 Å². The third-order valence-corrected chi connectivity index (χ3v) is 3.56. The number of alkyl halides is 2. The highest BCUT2D eigenvalue weighted by molar-refractivity contribution is 8.68. The molecule has 2 atom stereocenters. The standard InChI is InChI=1S/C10H19Cl2NO3S2/c1-6(2)13-4-8(5-15-7(3)18-17)16-10(14)9(11)12/h6-9,13,17H,4-5H2,1-3H3. The lowest BCUT2D eigenvalue weighted by Crippen LogP contribution is -2.39. The van der Waals surface area contributed by atoms with E-state index in [4.69, 9.17) is 32.7 Å². The van der Waals surface area contributed by atoms with Gasteiger partial charge in [0.25, 0.3) is 0 Å². The Labute approximate surface area is 127 Å². The number of hydrogen-bond acceptors (Lipinski definition) is 6. The first-order valence-electron chi connectivity index (χ1n) is 5.50. The highest BCUT2D eigenvalue weighted by Gasteiger charge is 2.20. The molecule has 0 heterocycles. The number of carbonyl (C=O) groups excluding carboxylic acids is 1. The van der Waals surface area contributed by atoms with Crippen LogP contribution in [0.4, 0.5) is 0 Å². The molecule has 0 fully saturated rings. The van der Waals surface area contributed by atoms with E-state index in [2.05, 4.69) is 17.0 Å². The van der Waals surface area contributed by atoms with Crippen molar-refractivity contribution in [2.24, 2.45) is 0 Å². The quantitative estimate of drug-likeness (QED) is 0.223. The van der Waals surface area contributed by atoms with Crippen LogP contribution in [0.15, 0.2) is 0 Å². The Hall–Kier alpha value is 0.670. The molecule has 0 radical (unpaired) electrons. The molecule has 0 aromatic heterocycles. The Morgan fingerprint density at radius 1 is 1.39 bits per heavy atom. The van der Waals surface area contributed by atoms with Crippen LogP contribution in [0.2, 0.25) is 0 Å². The summed E-state index contributed by atoms with van der Waals surface area (Å²) in [6.07, 6.45) is -0.428. The van der Waals surface area contributed by atoms with Gasteiger partial charge in [0.2, 0.25) is 4.84 Å².